The lowest BCUT2D eigenvalue weighted by Crippen LogP contribution is -2.65. The van der Waals surface area contributed by atoms with Crippen LogP contribution in [-0.4, -0.2) is 119 Å². The van der Waals surface area contributed by atoms with Crippen LogP contribution < -0.4 is 0 Å². The van der Waals surface area contributed by atoms with Crippen LogP contribution in [0.2, 0.25) is 35.2 Å². The second-order valence-corrected chi connectivity index (χ2v) is 30.4. The van der Waals surface area contributed by atoms with Crippen molar-refractivity contribution in [1.29, 1.82) is 0 Å². The van der Waals surface area contributed by atoms with E-state index < -0.39 is 92.1 Å². The third-order valence-corrected chi connectivity index (χ3v) is 21.1. The molecule has 0 unspecified atom stereocenters. The maximum absolute atomic E-state index is 7.51. The van der Waals surface area contributed by atoms with E-state index in [9.17, 15) is 0 Å². The molecule has 3 aliphatic heterocycles. The fraction of sp³-hybridized carbons (Fsp3) is 0.326. The lowest BCUT2D eigenvalue weighted by atomic mass is 9.96. The number of methoxy groups -OCH3 is 1. The second-order valence-electron chi connectivity index (χ2n) is 27.4. The molecule has 0 spiro atoms. The van der Waals surface area contributed by atoms with Gasteiger partial charge in [0.1, 0.15) is 73.2 Å². The third-order valence-electron chi connectivity index (χ3n) is 19.3. The van der Waals surface area contributed by atoms with Crippen LogP contribution >= 0.6 is 81.2 Å². The fourth-order valence-corrected chi connectivity index (χ4v) is 14.3. The second kappa shape index (κ2) is 43.0. The zero-order valence-corrected chi connectivity index (χ0v) is 66.6. The normalized spacial score (nSPS) is 23.9. The zero-order chi connectivity index (χ0) is 77.4. The van der Waals surface area contributed by atoms with Crippen molar-refractivity contribution in [2.75, 3.05) is 26.9 Å². The van der Waals surface area contributed by atoms with Crippen molar-refractivity contribution in [3.05, 3.63) is 352 Å². The highest BCUT2D eigenvalue weighted by Crippen LogP contribution is 2.38. The van der Waals surface area contributed by atoms with Crippen molar-refractivity contribution in [3.63, 3.8) is 0 Å². The van der Waals surface area contributed by atoms with E-state index in [1.807, 2.05) is 224 Å². The molecule has 0 saturated carbocycles. The van der Waals surface area contributed by atoms with Crippen LogP contribution in [0.3, 0.4) is 0 Å². The van der Waals surface area contributed by atoms with Gasteiger partial charge in [-0.3, -0.25) is 0 Å². The van der Waals surface area contributed by atoms with Crippen LogP contribution in [-0.2, 0) is 142 Å². The van der Waals surface area contributed by atoms with Gasteiger partial charge < -0.3 is 75.8 Å². The maximum Gasteiger partial charge on any atom is 0.187 e. The Morgan fingerprint density at radius 2 is 0.402 bits per heavy atom. The molecule has 0 N–H and O–H groups in total. The quantitative estimate of drug-likeness (QED) is 0.0361. The van der Waals surface area contributed by atoms with Gasteiger partial charge >= 0.3 is 0 Å². The summed E-state index contributed by atoms with van der Waals surface area (Å²) in [4.78, 5) is 0. The third kappa shape index (κ3) is 24.6. The summed E-state index contributed by atoms with van der Waals surface area (Å²) in [6.45, 7) is 0.763. The monoisotopic (exact) mass is 1660 g/mol. The Bertz CT molecular complexity index is 4380. The number of hydrogen-bond donors (Lipinski definition) is 0. The van der Waals surface area contributed by atoms with E-state index in [4.69, 9.17) is 157 Å². The molecule has 16 nitrogen and oxygen atoms in total. The van der Waals surface area contributed by atoms with Crippen molar-refractivity contribution < 1.29 is 75.8 Å². The van der Waals surface area contributed by atoms with Gasteiger partial charge in [0, 0.05) is 42.3 Å². The topological polar surface area (TPSA) is 148 Å². The molecule has 112 heavy (non-hydrogen) atoms. The Labute approximate surface area is 688 Å². The average molecular weight is 1660 g/mol. The van der Waals surface area contributed by atoms with E-state index in [0.29, 0.717) is 35.2 Å². The molecule has 0 amide bonds. The van der Waals surface area contributed by atoms with Gasteiger partial charge in [0.2, 0.25) is 0 Å². The van der Waals surface area contributed by atoms with E-state index in [2.05, 4.69) is 0 Å². The van der Waals surface area contributed by atoms with Crippen molar-refractivity contribution in [1.82, 2.24) is 0 Å². The smallest absolute Gasteiger partial charge is 0.187 e. The molecule has 10 aromatic rings. The predicted molar refractivity (Wildman–Crippen MR) is 431 cm³/mol. The van der Waals surface area contributed by atoms with Gasteiger partial charge in [-0.2, -0.15) is 0 Å². The summed E-state index contributed by atoms with van der Waals surface area (Å²) in [7, 11) is 1.58. The molecule has 15 atom stereocenters. The van der Waals surface area contributed by atoms with Crippen LogP contribution in [0.25, 0.3) is 0 Å². The van der Waals surface area contributed by atoms with E-state index in [1.54, 1.807) is 43.5 Å². The standard InChI is InChI=1S/C89H87Cl7O16/c1-97-87-84(105-48-60-15-9-4-10-16-60)81(102-47-59-13-7-3-8-14-59)79(99-46-58-11-5-2-6-12-58)76(110-87)56-108-89-86(107-54-67-29-43-74(96)44-30-67)83(104-52-65-25-39-72(94)40-26-65)80(101-50-63-21-35-70(92)36-22-63)77(112-89)57-109-88-85(106-53-66-27-41-73(95)42-28-66)82(103-51-64-23-37-71(93)38-24-64)78(100-49-62-19-33-69(91)34-20-62)75(111-88)55-98-45-61-17-31-68(90)32-18-61/h2-44,75-89H,45-57H2,1H3/t75-,76-,77-,78-,79-,80-,81+,82+,83+,84-,85-,86-,87+,88-,89-/m1/s1. The largest absolute Gasteiger partial charge is 0.374 e. The lowest BCUT2D eigenvalue weighted by molar-refractivity contribution is -0.362. The first-order chi connectivity index (χ1) is 54.8. The molecule has 10 aromatic carbocycles. The molecule has 3 aliphatic rings. The molecule has 0 bridgehead atoms. The summed E-state index contributed by atoms with van der Waals surface area (Å²) < 4.78 is 114. The Hall–Kier alpha value is -6.41. The van der Waals surface area contributed by atoms with Crippen molar-refractivity contribution >= 4 is 81.2 Å². The minimum atomic E-state index is -1.30. The summed E-state index contributed by atoms with van der Waals surface area (Å²) in [6.07, 6.45) is -15.0. The number of ether oxygens (including phenoxy) is 16. The van der Waals surface area contributed by atoms with Gasteiger partial charge in [0.05, 0.1) is 85.9 Å². The van der Waals surface area contributed by atoms with E-state index in [0.717, 1.165) is 55.6 Å². The van der Waals surface area contributed by atoms with Crippen LogP contribution in [0.1, 0.15) is 55.6 Å². The Morgan fingerprint density at radius 3 is 0.652 bits per heavy atom. The van der Waals surface area contributed by atoms with Crippen LogP contribution in [0.5, 0.6) is 0 Å². The Morgan fingerprint density at radius 1 is 0.205 bits per heavy atom. The first-order valence-corrected chi connectivity index (χ1v) is 39.6. The summed E-state index contributed by atoms with van der Waals surface area (Å²) >= 11 is 45.4. The van der Waals surface area contributed by atoms with Crippen LogP contribution in [0.4, 0.5) is 0 Å². The maximum atomic E-state index is 7.51. The molecule has 588 valence electrons. The first-order valence-electron chi connectivity index (χ1n) is 37.0. The van der Waals surface area contributed by atoms with Gasteiger partial charge in [0.25, 0.3) is 0 Å². The van der Waals surface area contributed by atoms with Gasteiger partial charge in [-0.1, -0.05) is 257 Å². The molecular weight excluding hydrogens is 1570 g/mol. The Balaban J connectivity index is 0.897. The first kappa shape index (κ1) is 83.5. The van der Waals surface area contributed by atoms with Gasteiger partial charge in [-0.25, -0.2) is 0 Å². The molecule has 0 aliphatic carbocycles. The summed E-state index contributed by atoms with van der Waals surface area (Å²) in [5.41, 5.74) is 8.53. The summed E-state index contributed by atoms with van der Waals surface area (Å²) in [5.74, 6) is 0. The Kier molecular flexibility index (Phi) is 32.1. The summed E-state index contributed by atoms with van der Waals surface area (Å²) in [6, 6.07) is 81.6. The molecule has 13 rings (SSSR count). The predicted octanol–water partition coefficient (Wildman–Crippen LogP) is 19.9. The number of benzene rings is 10. The molecule has 3 fully saturated rings. The van der Waals surface area contributed by atoms with Gasteiger partial charge in [-0.15, -0.1) is 0 Å². The number of hydrogen-bond acceptors (Lipinski definition) is 16. The van der Waals surface area contributed by atoms with Crippen LogP contribution in [0.15, 0.2) is 261 Å². The molecule has 23 heteroatoms. The van der Waals surface area contributed by atoms with Crippen LogP contribution in [0, 0.1) is 0 Å². The molecule has 0 radical (unpaired) electrons. The molecule has 3 saturated heterocycles. The van der Waals surface area contributed by atoms with Crippen molar-refractivity contribution in [2.24, 2.45) is 0 Å². The van der Waals surface area contributed by atoms with Gasteiger partial charge in [0.15, 0.2) is 18.9 Å². The van der Waals surface area contributed by atoms with E-state index in [-0.39, 0.29) is 85.9 Å². The zero-order valence-electron chi connectivity index (χ0n) is 61.4. The van der Waals surface area contributed by atoms with Crippen molar-refractivity contribution in [2.45, 2.75) is 158 Å². The number of rotatable bonds is 38. The van der Waals surface area contributed by atoms with Gasteiger partial charge in [-0.05, 0) is 141 Å². The highest BCUT2D eigenvalue weighted by molar-refractivity contribution is 6.32. The molecule has 3 heterocycles. The minimum absolute atomic E-state index is 0.00429. The highest BCUT2D eigenvalue weighted by Gasteiger charge is 2.54. The number of halogens is 7. The fourth-order valence-electron chi connectivity index (χ4n) is 13.4. The van der Waals surface area contributed by atoms with E-state index in [1.165, 1.54) is 0 Å². The molecular formula is C89H87Cl7O16. The molecule has 0 aromatic heterocycles. The SMILES string of the molecule is CO[C@H]1O[C@H](CO[C@@H]2O[C@H](CO[C@@H]3O[C@H](COCc4ccc(Cl)cc4)[C@@H](OCc4ccc(Cl)cc4)[C@H](OCc4ccc(Cl)cc4)[C@H]3OCc3ccc(Cl)cc3)[C@@H](OCc3ccc(Cl)cc3)[C@H](OCc3ccc(Cl)cc3)[C@H]2OCc2ccc(Cl)cc2)[C@@H](OCc2ccccc2)[C@H](OCc2ccccc2)[C@H]1OCc1ccccc1. The van der Waals surface area contributed by atoms with Crippen molar-refractivity contribution in [3.8, 4) is 0 Å². The minimum Gasteiger partial charge on any atom is -0.374 e. The highest BCUT2D eigenvalue weighted by atomic mass is 35.5. The summed E-state index contributed by atoms with van der Waals surface area (Å²) in [5, 5.41) is 3.93. The lowest BCUT2D eigenvalue weighted by Gasteiger charge is -2.49. The van der Waals surface area contributed by atoms with E-state index >= 15 is 0 Å². The average Bonchev–Trinajstić information content (AvgIpc) is 0.783.